The summed E-state index contributed by atoms with van der Waals surface area (Å²) in [6.45, 7) is 2.62. The molecule has 3 rings (SSSR count). The van der Waals surface area contributed by atoms with Crippen molar-refractivity contribution in [1.29, 1.82) is 0 Å². The van der Waals surface area contributed by atoms with E-state index in [0.717, 1.165) is 38.8 Å². The molecule has 33 heavy (non-hydrogen) atoms. The first kappa shape index (κ1) is 25.2. The number of amides is 2. The molecule has 1 saturated heterocycles. The molecule has 1 saturated carbocycles. The zero-order valence-electron chi connectivity index (χ0n) is 19.3. The van der Waals surface area contributed by atoms with Crippen molar-refractivity contribution in [2.45, 2.75) is 58.3 Å². The molecule has 2 N–H and O–H groups in total. The van der Waals surface area contributed by atoms with E-state index in [0.29, 0.717) is 23.9 Å². The number of likely N-dealkylation sites (N-methyl/N-ethyl adjacent to an activating group) is 1. The van der Waals surface area contributed by atoms with Crippen molar-refractivity contribution in [3.05, 3.63) is 17.3 Å². The maximum absolute atomic E-state index is 15.3. The fourth-order valence-corrected chi connectivity index (χ4v) is 4.85. The van der Waals surface area contributed by atoms with E-state index in [1.807, 2.05) is 14.0 Å². The monoisotopic (exact) mass is 468 g/mol. The van der Waals surface area contributed by atoms with Crippen LogP contribution in [0.2, 0.25) is 0 Å². The lowest BCUT2D eigenvalue weighted by molar-refractivity contribution is -0.155. The van der Waals surface area contributed by atoms with Gasteiger partial charge in [0.15, 0.2) is 17.5 Å². The van der Waals surface area contributed by atoms with Crippen LogP contribution in [-0.4, -0.2) is 76.7 Å². The second-order valence-electron chi connectivity index (χ2n) is 9.19. The lowest BCUT2D eigenvalue weighted by Gasteiger charge is -2.39. The molecule has 1 aliphatic carbocycles. The van der Waals surface area contributed by atoms with Gasteiger partial charge >= 0.3 is 0 Å². The summed E-state index contributed by atoms with van der Waals surface area (Å²) in [4.78, 5) is 35.7. The molecule has 0 unspecified atom stereocenters. The van der Waals surface area contributed by atoms with E-state index in [4.69, 9.17) is 0 Å². The van der Waals surface area contributed by atoms with Gasteiger partial charge in [-0.3, -0.25) is 14.8 Å². The number of aromatic nitrogens is 2. The fourth-order valence-electron chi connectivity index (χ4n) is 4.85. The van der Waals surface area contributed by atoms with Crippen LogP contribution in [0.5, 0.6) is 0 Å². The minimum Gasteiger partial charge on any atom is -0.350 e. The van der Waals surface area contributed by atoms with E-state index >= 15 is 4.39 Å². The second-order valence-corrected chi connectivity index (χ2v) is 9.19. The minimum atomic E-state index is -0.945. The molecule has 0 spiro atoms. The van der Waals surface area contributed by atoms with Crippen LogP contribution in [0.3, 0.4) is 0 Å². The van der Waals surface area contributed by atoms with Crippen LogP contribution < -0.4 is 10.2 Å². The molecule has 2 heterocycles. The van der Waals surface area contributed by atoms with Crippen LogP contribution in [-0.2, 0) is 22.8 Å². The lowest BCUT2D eigenvalue weighted by atomic mass is 9.92. The maximum Gasteiger partial charge on any atom is 0.233 e. The van der Waals surface area contributed by atoms with Crippen LogP contribution in [0.1, 0.15) is 50.5 Å². The Hall–Kier alpha value is -2.40. The molecule has 0 aromatic carbocycles. The molecule has 1 aromatic heterocycles. The highest BCUT2D eigenvalue weighted by Gasteiger charge is 2.29. The van der Waals surface area contributed by atoms with Crippen LogP contribution in [0, 0.1) is 17.7 Å². The smallest absolute Gasteiger partial charge is 0.233 e. The summed E-state index contributed by atoms with van der Waals surface area (Å²) >= 11 is 0. The molecule has 1 aromatic rings. The highest BCUT2D eigenvalue weighted by atomic mass is 19.1. The molecule has 2 fully saturated rings. The van der Waals surface area contributed by atoms with Gasteiger partial charge in [-0.05, 0) is 26.3 Å². The molecular formula is C22H34F2N6O3. The van der Waals surface area contributed by atoms with Gasteiger partial charge in [-0.25, -0.2) is 23.8 Å². The Morgan fingerprint density at radius 3 is 2.70 bits per heavy atom. The zero-order valence-corrected chi connectivity index (χ0v) is 19.3. The average Bonchev–Trinajstić information content (AvgIpc) is 3.31. The Kier molecular flexibility index (Phi) is 8.90. The van der Waals surface area contributed by atoms with Crippen molar-refractivity contribution >= 4 is 18.1 Å². The van der Waals surface area contributed by atoms with Crippen LogP contribution in [0.4, 0.5) is 14.6 Å². The first-order valence-electron chi connectivity index (χ1n) is 11.6. The Balaban J connectivity index is 1.74. The Labute approximate surface area is 193 Å². The predicted octanol–water partition coefficient (Wildman–Crippen LogP) is 1.89. The van der Waals surface area contributed by atoms with Gasteiger partial charge in [0.2, 0.25) is 12.3 Å². The third-order valence-electron chi connectivity index (χ3n) is 6.59. The number of carbonyl (C=O) groups excluding carboxylic acids is 2. The number of hydroxylamine groups is 2. The molecule has 184 valence electrons. The number of piperazine rings is 1. The summed E-state index contributed by atoms with van der Waals surface area (Å²) in [7, 11) is 1.98. The molecule has 1 aliphatic heterocycles. The van der Waals surface area contributed by atoms with Gasteiger partial charge in [0, 0.05) is 25.7 Å². The van der Waals surface area contributed by atoms with Crippen LogP contribution in [0.25, 0.3) is 0 Å². The normalized spacial score (nSPS) is 20.6. The van der Waals surface area contributed by atoms with Gasteiger partial charge in [0.1, 0.15) is 12.4 Å². The van der Waals surface area contributed by atoms with Crippen molar-refractivity contribution in [3.8, 4) is 0 Å². The van der Waals surface area contributed by atoms with Gasteiger partial charge in [-0.1, -0.05) is 25.7 Å². The van der Waals surface area contributed by atoms with Crippen molar-refractivity contribution in [3.63, 3.8) is 0 Å². The van der Waals surface area contributed by atoms with E-state index < -0.39 is 24.3 Å². The first-order chi connectivity index (χ1) is 15.8. The van der Waals surface area contributed by atoms with Crippen LogP contribution >= 0.6 is 0 Å². The van der Waals surface area contributed by atoms with Gasteiger partial charge in [-0.2, -0.15) is 0 Å². The number of carbonyl (C=O) groups is 2. The maximum atomic E-state index is 15.3. The summed E-state index contributed by atoms with van der Waals surface area (Å²) in [5.41, 5.74) is -0.0806. The third kappa shape index (κ3) is 6.57. The van der Waals surface area contributed by atoms with Gasteiger partial charge < -0.3 is 15.1 Å². The Morgan fingerprint density at radius 1 is 1.33 bits per heavy atom. The van der Waals surface area contributed by atoms with Crippen molar-refractivity contribution < 1.29 is 23.6 Å². The number of hydrogen-bond acceptors (Lipinski definition) is 7. The van der Waals surface area contributed by atoms with Gasteiger partial charge in [0.05, 0.1) is 19.0 Å². The topological polar surface area (TPSA) is 102 Å². The van der Waals surface area contributed by atoms with E-state index in [1.165, 1.54) is 0 Å². The summed E-state index contributed by atoms with van der Waals surface area (Å²) < 4.78 is 28.8. The Bertz CT molecular complexity index is 824. The van der Waals surface area contributed by atoms with Crippen molar-refractivity contribution in [1.82, 2.24) is 25.2 Å². The molecule has 0 radical (unpaired) electrons. The van der Waals surface area contributed by atoms with E-state index in [9.17, 15) is 19.2 Å². The highest BCUT2D eigenvalue weighted by molar-refractivity contribution is 5.79. The van der Waals surface area contributed by atoms with E-state index in [1.54, 1.807) is 4.90 Å². The SMILES string of the molecule is C[C@H]1CN(C)CCN1c1nc(CF)nc(CNC(=O)[C@H](CC2CCCC2)CN(O)C=O)c1F. The summed E-state index contributed by atoms with van der Waals surface area (Å²) in [6, 6.07) is -0.0160. The predicted molar refractivity (Wildman–Crippen MR) is 118 cm³/mol. The highest BCUT2D eigenvalue weighted by Crippen LogP contribution is 2.31. The molecule has 9 nitrogen and oxygen atoms in total. The quantitative estimate of drug-likeness (QED) is 0.307. The largest absolute Gasteiger partial charge is 0.350 e. The molecule has 2 atom stereocenters. The Morgan fingerprint density at radius 2 is 2.06 bits per heavy atom. The number of anilines is 1. The first-order valence-corrected chi connectivity index (χ1v) is 11.6. The van der Waals surface area contributed by atoms with E-state index in [2.05, 4.69) is 20.2 Å². The standard InChI is InChI=1S/C22H34F2N6O3/c1-15-12-28(2)7-8-30(15)21-20(24)18(26-19(10-23)27-21)11-25-22(32)17(13-29(33)14-31)9-16-5-3-4-6-16/h14-17,33H,3-13H2,1-2H3,(H,25,32)/t15-,17+/m0/s1. The lowest BCUT2D eigenvalue weighted by Crippen LogP contribution is -2.51. The summed E-state index contributed by atoms with van der Waals surface area (Å²) in [6.07, 6.45) is 4.99. The zero-order chi connectivity index (χ0) is 24.0. The number of nitrogens with one attached hydrogen (secondary N) is 1. The molecule has 0 bridgehead atoms. The number of hydrogen-bond donors (Lipinski definition) is 2. The summed E-state index contributed by atoms with van der Waals surface area (Å²) in [5.74, 6) is -1.45. The number of alkyl halides is 1. The average molecular weight is 469 g/mol. The third-order valence-corrected chi connectivity index (χ3v) is 6.59. The number of halogens is 2. The van der Waals surface area contributed by atoms with Crippen molar-refractivity contribution in [2.75, 3.05) is 38.1 Å². The molecular weight excluding hydrogens is 434 g/mol. The van der Waals surface area contributed by atoms with Gasteiger partial charge in [-0.15, -0.1) is 0 Å². The molecule has 11 heteroatoms. The van der Waals surface area contributed by atoms with Crippen LogP contribution in [0.15, 0.2) is 0 Å². The number of rotatable bonds is 10. The van der Waals surface area contributed by atoms with E-state index in [-0.39, 0.29) is 42.9 Å². The summed E-state index contributed by atoms with van der Waals surface area (Å²) in [5, 5.41) is 12.8. The fraction of sp³-hybridized carbons (Fsp3) is 0.727. The second kappa shape index (κ2) is 11.6. The van der Waals surface area contributed by atoms with Crippen molar-refractivity contribution in [2.24, 2.45) is 11.8 Å². The van der Waals surface area contributed by atoms with Gasteiger partial charge in [0.25, 0.3) is 0 Å². The minimum absolute atomic E-state index is 0.0160. The number of nitrogens with zero attached hydrogens (tertiary/aromatic N) is 5. The molecule has 2 amide bonds. The molecule has 2 aliphatic rings.